The minimum atomic E-state index is -0.400. The molecule has 156 valence electrons. The Hall–Kier alpha value is -2.18. The number of hydrogen-bond donors (Lipinski definition) is 1. The van der Waals surface area contributed by atoms with Gasteiger partial charge in [0.15, 0.2) is 0 Å². The molecule has 5 nitrogen and oxygen atoms in total. The maximum Gasteiger partial charge on any atom is 0.341 e. The van der Waals surface area contributed by atoms with E-state index in [-0.39, 0.29) is 5.91 Å². The zero-order valence-electron chi connectivity index (χ0n) is 17.3. The summed E-state index contributed by atoms with van der Waals surface area (Å²) in [4.78, 5) is 27.7. The number of hydrogen-bond acceptors (Lipinski definition) is 5. The van der Waals surface area contributed by atoms with Crippen LogP contribution in [0.25, 0.3) is 11.1 Å². The largest absolute Gasteiger partial charge is 0.462 e. The van der Waals surface area contributed by atoms with Crippen LogP contribution in [0.15, 0.2) is 35.7 Å². The van der Waals surface area contributed by atoms with Gasteiger partial charge in [-0.3, -0.25) is 9.69 Å². The Labute approximate surface area is 177 Å². The molecular formula is C23H30N2O3S. The highest BCUT2D eigenvalue weighted by molar-refractivity contribution is 7.15. The van der Waals surface area contributed by atoms with E-state index in [2.05, 4.69) is 17.1 Å². The van der Waals surface area contributed by atoms with Crippen molar-refractivity contribution in [3.05, 3.63) is 41.3 Å². The minimum Gasteiger partial charge on any atom is -0.462 e. The van der Waals surface area contributed by atoms with Crippen LogP contribution in [0, 0.1) is 0 Å². The van der Waals surface area contributed by atoms with Gasteiger partial charge in [0.1, 0.15) is 10.6 Å². The third kappa shape index (κ3) is 5.46. The van der Waals surface area contributed by atoms with E-state index in [1.807, 2.05) is 35.7 Å². The summed E-state index contributed by atoms with van der Waals surface area (Å²) in [7, 11) is 0. The molecule has 1 fully saturated rings. The molecule has 6 heteroatoms. The second kappa shape index (κ2) is 10.6. The zero-order chi connectivity index (χ0) is 20.6. The van der Waals surface area contributed by atoms with Gasteiger partial charge in [0, 0.05) is 17.0 Å². The Morgan fingerprint density at radius 1 is 1.14 bits per heavy atom. The smallest absolute Gasteiger partial charge is 0.341 e. The average molecular weight is 415 g/mol. The summed E-state index contributed by atoms with van der Waals surface area (Å²) in [5.41, 5.74) is 2.17. The van der Waals surface area contributed by atoms with Gasteiger partial charge in [-0.1, -0.05) is 56.5 Å². The highest BCUT2D eigenvalue weighted by atomic mass is 32.1. The van der Waals surface area contributed by atoms with Crippen molar-refractivity contribution >= 4 is 28.2 Å². The molecule has 1 aliphatic carbocycles. The Bertz CT molecular complexity index is 813. The Morgan fingerprint density at radius 2 is 1.86 bits per heavy atom. The Kier molecular flexibility index (Phi) is 7.83. The average Bonchev–Trinajstić information content (AvgIpc) is 3.17. The number of amides is 1. The van der Waals surface area contributed by atoms with Crippen LogP contribution >= 0.6 is 11.3 Å². The van der Waals surface area contributed by atoms with Crippen LogP contribution in [0.3, 0.4) is 0 Å². The fraction of sp³-hybridized carbons (Fsp3) is 0.478. The second-order valence-electron chi connectivity index (χ2n) is 7.34. The molecule has 29 heavy (non-hydrogen) atoms. The second-order valence-corrected chi connectivity index (χ2v) is 8.22. The molecule has 1 heterocycles. The fourth-order valence-electron chi connectivity index (χ4n) is 3.98. The summed E-state index contributed by atoms with van der Waals surface area (Å²) in [5.74, 6) is -0.480. The number of anilines is 1. The van der Waals surface area contributed by atoms with E-state index in [1.54, 1.807) is 6.92 Å². The lowest BCUT2D eigenvalue weighted by molar-refractivity contribution is -0.118. The van der Waals surface area contributed by atoms with Crippen molar-refractivity contribution in [2.75, 3.05) is 25.0 Å². The van der Waals surface area contributed by atoms with Crippen molar-refractivity contribution < 1.29 is 14.3 Å². The molecule has 2 aromatic rings. The van der Waals surface area contributed by atoms with E-state index < -0.39 is 5.97 Å². The summed E-state index contributed by atoms with van der Waals surface area (Å²) in [6.07, 6.45) is 6.08. The highest BCUT2D eigenvalue weighted by Gasteiger charge is 2.25. The maximum absolute atomic E-state index is 12.8. The third-order valence-corrected chi connectivity index (χ3v) is 6.35. The molecule has 0 bridgehead atoms. The number of likely N-dealkylation sites (N-methyl/N-ethyl adjacent to an activating group) is 1. The molecular weight excluding hydrogens is 384 g/mol. The van der Waals surface area contributed by atoms with Gasteiger partial charge in [0.2, 0.25) is 5.91 Å². The third-order valence-electron chi connectivity index (χ3n) is 5.45. The Morgan fingerprint density at radius 3 is 2.52 bits per heavy atom. The fourth-order valence-corrected chi connectivity index (χ4v) is 4.96. The van der Waals surface area contributed by atoms with Crippen molar-refractivity contribution in [2.45, 2.75) is 52.0 Å². The van der Waals surface area contributed by atoms with Gasteiger partial charge in [0.25, 0.3) is 0 Å². The molecule has 1 aromatic carbocycles. The lowest BCUT2D eigenvalue weighted by Crippen LogP contribution is -2.41. The summed E-state index contributed by atoms with van der Waals surface area (Å²) < 4.78 is 5.27. The van der Waals surface area contributed by atoms with Crippen molar-refractivity contribution in [1.82, 2.24) is 4.90 Å². The summed E-state index contributed by atoms with van der Waals surface area (Å²) >= 11 is 1.37. The molecule has 1 aliphatic rings. The van der Waals surface area contributed by atoms with Gasteiger partial charge >= 0.3 is 5.97 Å². The van der Waals surface area contributed by atoms with E-state index in [0.717, 1.165) is 30.5 Å². The first-order valence-corrected chi connectivity index (χ1v) is 11.4. The summed E-state index contributed by atoms with van der Waals surface area (Å²) in [5, 5.41) is 5.46. The van der Waals surface area contributed by atoms with E-state index in [4.69, 9.17) is 4.74 Å². The van der Waals surface area contributed by atoms with Crippen molar-refractivity contribution in [3.8, 4) is 11.1 Å². The van der Waals surface area contributed by atoms with E-state index >= 15 is 0 Å². The van der Waals surface area contributed by atoms with Crippen LogP contribution in [0.1, 0.15) is 56.3 Å². The lowest BCUT2D eigenvalue weighted by atomic mass is 9.94. The van der Waals surface area contributed by atoms with Crippen LogP contribution in [0.4, 0.5) is 5.00 Å². The Balaban J connectivity index is 1.78. The molecule has 0 aliphatic heterocycles. The van der Waals surface area contributed by atoms with E-state index in [1.165, 1.54) is 30.6 Å². The first kappa shape index (κ1) is 21.5. The van der Waals surface area contributed by atoms with Gasteiger partial charge in [0.05, 0.1) is 13.2 Å². The van der Waals surface area contributed by atoms with E-state index in [9.17, 15) is 9.59 Å². The predicted molar refractivity (Wildman–Crippen MR) is 118 cm³/mol. The quantitative estimate of drug-likeness (QED) is 0.604. The number of ether oxygens (including phenoxy) is 1. The lowest BCUT2D eigenvalue weighted by Gasteiger charge is -2.32. The standard InChI is InChI=1S/C23H30N2O3S/c1-3-25(18-13-9-6-10-14-18)15-20(26)24-22-21(23(27)28-4-2)19(16-29-22)17-11-7-5-8-12-17/h5,7-8,11-12,16,18H,3-4,6,9-10,13-15H2,1-2H3,(H,24,26). The number of benzene rings is 1. The van der Waals surface area contributed by atoms with Gasteiger partial charge < -0.3 is 10.1 Å². The molecule has 1 amide bonds. The molecule has 0 atom stereocenters. The number of rotatable bonds is 8. The number of nitrogens with one attached hydrogen (secondary N) is 1. The monoisotopic (exact) mass is 414 g/mol. The molecule has 0 unspecified atom stereocenters. The molecule has 1 N–H and O–H groups in total. The van der Waals surface area contributed by atoms with Crippen LogP contribution in [0.5, 0.6) is 0 Å². The summed E-state index contributed by atoms with van der Waals surface area (Å²) in [6.45, 7) is 5.38. The van der Waals surface area contributed by atoms with Gasteiger partial charge in [-0.05, 0) is 31.9 Å². The first-order chi connectivity index (χ1) is 14.1. The first-order valence-electron chi connectivity index (χ1n) is 10.5. The predicted octanol–water partition coefficient (Wildman–Crippen LogP) is 5.18. The molecule has 0 radical (unpaired) electrons. The normalized spacial score (nSPS) is 14.7. The minimum absolute atomic E-state index is 0.0792. The van der Waals surface area contributed by atoms with Crippen molar-refractivity contribution in [2.24, 2.45) is 0 Å². The number of esters is 1. The number of carbonyl (C=O) groups is 2. The maximum atomic E-state index is 12.8. The van der Waals surface area contributed by atoms with Crippen LogP contribution in [-0.2, 0) is 9.53 Å². The molecule has 1 aromatic heterocycles. The molecule has 1 saturated carbocycles. The topological polar surface area (TPSA) is 58.6 Å². The number of carbonyl (C=O) groups excluding carboxylic acids is 2. The van der Waals surface area contributed by atoms with Crippen LogP contribution < -0.4 is 5.32 Å². The van der Waals surface area contributed by atoms with Crippen LogP contribution in [-0.4, -0.2) is 42.5 Å². The van der Waals surface area contributed by atoms with Crippen LogP contribution in [0.2, 0.25) is 0 Å². The highest BCUT2D eigenvalue weighted by Crippen LogP contribution is 2.36. The molecule has 3 rings (SSSR count). The summed E-state index contributed by atoms with van der Waals surface area (Å²) in [6, 6.07) is 10.2. The van der Waals surface area contributed by atoms with E-state index in [0.29, 0.717) is 29.8 Å². The molecule has 0 saturated heterocycles. The number of nitrogens with zero attached hydrogens (tertiary/aromatic N) is 1. The van der Waals surface area contributed by atoms with Crippen molar-refractivity contribution in [1.29, 1.82) is 0 Å². The number of thiophene rings is 1. The zero-order valence-corrected chi connectivity index (χ0v) is 18.1. The SMILES string of the molecule is CCOC(=O)c1c(-c2ccccc2)csc1NC(=O)CN(CC)C1CCCCC1. The van der Waals surface area contributed by atoms with Gasteiger partial charge in [-0.15, -0.1) is 11.3 Å². The van der Waals surface area contributed by atoms with Crippen molar-refractivity contribution in [3.63, 3.8) is 0 Å². The van der Waals surface area contributed by atoms with Gasteiger partial charge in [-0.2, -0.15) is 0 Å². The van der Waals surface area contributed by atoms with Gasteiger partial charge in [-0.25, -0.2) is 4.79 Å². The molecule has 0 spiro atoms.